The van der Waals surface area contributed by atoms with E-state index < -0.39 is 29.1 Å². The summed E-state index contributed by atoms with van der Waals surface area (Å²) < 4.78 is 44.4. The predicted molar refractivity (Wildman–Crippen MR) is 100 cm³/mol. The normalized spacial score (nSPS) is 11.2. The molecule has 9 nitrogen and oxygen atoms in total. The summed E-state index contributed by atoms with van der Waals surface area (Å²) in [4.78, 5) is 41.9. The van der Waals surface area contributed by atoms with Crippen LogP contribution in [0.5, 0.6) is 0 Å². The third kappa shape index (κ3) is 4.93. The van der Waals surface area contributed by atoms with Crippen LogP contribution in [-0.4, -0.2) is 31.7 Å². The number of nitrogens with zero attached hydrogens (tertiary/aromatic N) is 3. The predicted octanol–water partition coefficient (Wildman–Crippen LogP) is 1.77. The molecule has 30 heavy (non-hydrogen) atoms. The van der Waals surface area contributed by atoms with E-state index in [2.05, 4.69) is 14.1 Å². The lowest BCUT2D eigenvalue weighted by Crippen LogP contribution is -2.40. The second kappa shape index (κ2) is 9.19. The number of halogens is 3. The second-order valence-corrected chi connectivity index (χ2v) is 6.56. The molecule has 13 heteroatoms. The van der Waals surface area contributed by atoms with Crippen molar-refractivity contribution >= 4 is 27.6 Å². The van der Waals surface area contributed by atoms with Gasteiger partial charge in [0.1, 0.15) is 5.69 Å². The first-order valence-electron chi connectivity index (χ1n) is 8.12. The van der Waals surface area contributed by atoms with Crippen molar-refractivity contribution in [3.8, 4) is 5.69 Å². The van der Waals surface area contributed by atoms with Crippen LogP contribution >= 0.6 is 11.5 Å². The fraction of sp³-hybridized carbons (Fsp3) is 0.294. The molecule has 0 aliphatic carbocycles. The van der Waals surface area contributed by atoms with Gasteiger partial charge < -0.3 is 5.11 Å². The summed E-state index contributed by atoms with van der Waals surface area (Å²) in [5.41, 5.74) is -3.03. The Morgan fingerprint density at radius 2 is 1.93 bits per heavy atom. The van der Waals surface area contributed by atoms with E-state index in [9.17, 15) is 32.7 Å². The van der Waals surface area contributed by atoms with Gasteiger partial charge in [0.05, 0.1) is 29.8 Å². The van der Waals surface area contributed by atoms with Crippen molar-refractivity contribution in [1.29, 1.82) is 0 Å². The maximum Gasteiger partial charge on any atom is 0.431 e. The van der Waals surface area contributed by atoms with Crippen LogP contribution in [0.15, 0.2) is 33.9 Å². The fourth-order valence-electron chi connectivity index (χ4n) is 2.48. The Hall–Kier alpha value is -3.03. The summed E-state index contributed by atoms with van der Waals surface area (Å²) in [6, 6.07) is 4.85. The highest BCUT2D eigenvalue weighted by Crippen LogP contribution is 2.27. The summed E-state index contributed by atoms with van der Waals surface area (Å²) >= 11 is 1.13. The number of aromatic nitrogens is 3. The number of fused-ring (bicyclic) bond motifs is 1. The molecule has 0 aliphatic heterocycles. The molecule has 3 aromatic rings. The van der Waals surface area contributed by atoms with Gasteiger partial charge in [0, 0.05) is 25.4 Å². The van der Waals surface area contributed by atoms with Gasteiger partial charge in [-0.15, -0.1) is 0 Å². The molecule has 0 unspecified atom stereocenters. The molecular weight excluding hydrogens is 431 g/mol. The van der Waals surface area contributed by atoms with Gasteiger partial charge in [-0.1, -0.05) is 0 Å². The standard InChI is InChI=1S/C14H10F3N3O3S.C3H6O3/c1-19-11(14(15,16)17)5-12(22)20(13(19)23)7-2-3-10-8(4-7)9(6-21)18-24-10;1-3(4)6-5-2/h2-5,21H,6H2,1H3;1-2H3. The van der Waals surface area contributed by atoms with Crippen molar-refractivity contribution in [3.63, 3.8) is 0 Å². The number of aliphatic hydroxyl groups excluding tert-OH is 1. The number of rotatable bonds is 3. The van der Waals surface area contributed by atoms with E-state index in [0.29, 0.717) is 26.3 Å². The minimum Gasteiger partial charge on any atom is -0.390 e. The molecule has 2 aromatic heterocycles. The Bertz CT molecular complexity index is 1180. The van der Waals surface area contributed by atoms with Gasteiger partial charge in [-0.3, -0.25) is 14.2 Å². The average Bonchev–Trinajstić information content (AvgIpc) is 3.06. The van der Waals surface area contributed by atoms with Gasteiger partial charge in [-0.05, 0) is 29.7 Å². The zero-order chi connectivity index (χ0) is 22.6. The first kappa shape index (κ1) is 23.3. The second-order valence-electron chi connectivity index (χ2n) is 5.75. The zero-order valence-corrected chi connectivity index (χ0v) is 16.7. The monoisotopic (exact) mass is 447 g/mol. The van der Waals surface area contributed by atoms with E-state index >= 15 is 0 Å². The minimum atomic E-state index is -4.81. The highest BCUT2D eigenvalue weighted by atomic mass is 32.1. The number of carbonyl (C=O) groups is 1. The molecule has 0 saturated carbocycles. The molecule has 0 radical (unpaired) electrons. The first-order chi connectivity index (χ1) is 14.0. The van der Waals surface area contributed by atoms with Crippen molar-refractivity contribution < 1.29 is 32.8 Å². The van der Waals surface area contributed by atoms with Crippen LogP contribution in [0.3, 0.4) is 0 Å². The Balaban J connectivity index is 0.000000469. The van der Waals surface area contributed by atoms with E-state index in [0.717, 1.165) is 23.3 Å². The Morgan fingerprint density at radius 1 is 1.27 bits per heavy atom. The molecule has 0 bridgehead atoms. The van der Waals surface area contributed by atoms with Gasteiger partial charge in [0.2, 0.25) is 0 Å². The third-order valence-corrected chi connectivity index (χ3v) is 4.61. The molecule has 162 valence electrons. The van der Waals surface area contributed by atoms with Crippen LogP contribution in [0.2, 0.25) is 0 Å². The van der Waals surface area contributed by atoms with Gasteiger partial charge in [0.15, 0.2) is 0 Å². The third-order valence-electron chi connectivity index (χ3n) is 3.75. The zero-order valence-electron chi connectivity index (χ0n) is 15.9. The highest BCUT2D eigenvalue weighted by Gasteiger charge is 2.35. The van der Waals surface area contributed by atoms with Crippen molar-refractivity contribution in [2.75, 3.05) is 7.11 Å². The molecule has 0 saturated heterocycles. The summed E-state index contributed by atoms with van der Waals surface area (Å²) in [6.07, 6.45) is -4.81. The van der Waals surface area contributed by atoms with Crippen molar-refractivity contribution in [1.82, 2.24) is 13.5 Å². The number of alkyl halides is 3. The molecule has 1 N–H and O–H groups in total. The van der Waals surface area contributed by atoms with E-state index in [1.807, 2.05) is 0 Å². The average molecular weight is 447 g/mol. The number of hydrogen-bond acceptors (Lipinski definition) is 8. The lowest BCUT2D eigenvalue weighted by molar-refractivity contribution is -0.252. The van der Waals surface area contributed by atoms with Crippen LogP contribution in [0.4, 0.5) is 13.2 Å². The maximum absolute atomic E-state index is 12.9. The Kier molecular flexibility index (Phi) is 7.12. The molecule has 0 aliphatic rings. The van der Waals surface area contributed by atoms with Gasteiger partial charge in [-0.25, -0.2) is 14.2 Å². The first-order valence-corrected chi connectivity index (χ1v) is 8.89. The van der Waals surface area contributed by atoms with Gasteiger partial charge in [0.25, 0.3) is 5.56 Å². The molecule has 0 amide bonds. The fourth-order valence-corrected chi connectivity index (χ4v) is 3.25. The largest absolute Gasteiger partial charge is 0.431 e. The number of carbonyl (C=O) groups excluding carboxylic acids is 1. The number of aliphatic hydroxyl groups is 1. The van der Waals surface area contributed by atoms with Crippen LogP contribution in [0, 0.1) is 0 Å². The van der Waals surface area contributed by atoms with E-state index in [1.165, 1.54) is 26.2 Å². The van der Waals surface area contributed by atoms with Crippen molar-refractivity contribution in [2.45, 2.75) is 19.7 Å². The van der Waals surface area contributed by atoms with E-state index in [1.54, 1.807) is 6.07 Å². The van der Waals surface area contributed by atoms with E-state index in [4.69, 9.17) is 0 Å². The smallest absolute Gasteiger partial charge is 0.390 e. The van der Waals surface area contributed by atoms with Gasteiger partial charge >= 0.3 is 17.8 Å². The lowest BCUT2D eigenvalue weighted by Gasteiger charge is -2.13. The van der Waals surface area contributed by atoms with Crippen molar-refractivity contribution in [2.24, 2.45) is 7.05 Å². The molecule has 3 rings (SSSR count). The van der Waals surface area contributed by atoms with Crippen LogP contribution in [0.1, 0.15) is 18.3 Å². The quantitative estimate of drug-likeness (QED) is 0.481. The van der Waals surface area contributed by atoms with Crippen molar-refractivity contribution in [3.05, 3.63) is 56.5 Å². The summed E-state index contributed by atoms with van der Waals surface area (Å²) in [5, 5.41) is 9.79. The summed E-state index contributed by atoms with van der Waals surface area (Å²) in [5.74, 6) is -0.433. The lowest BCUT2D eigenvalue weighted by atomic mass is 10.2. The summed E-state index contributed by atoms with van der Waals surface area (Å²) in [7, 11) is 2.23. The topological polar surface area (TPSA) is 113 Å². The van der Waals surface area contributed by atoms with Crippen LogP contribution in [-0.2, 0) is 34.4 Å². The molecule has 0 spiro atoms. The molecule has 1 aromatic carbocycles. The SMILES string of the molecule is COOC(C)=O.Cn1c(C(F)(F)F)cc(=O)n(-c2ccc3snc(CO)c3c2)c1=O. The van der Waals surface area contributed by atoms with Crippen LogP contribution < -0.4 is 11.2 Å². The Labute approximate surface area is 170 Å². The molecule has 0 atom stereocenters. The molecule has 0 fully saturated rings. The molecular formula is C17H16F3N3O6S. The molecule has 2 heterocycles. The Morgan fingerprint density at radius 3 is 2.43 bits per heavy atom. The van der Waals surface area contributed by atoms with Gasteiger partial charge in [-0.2, -0.15) is 22.4 Å². The highest BCUT2D eigenvalue weighted by molar-refractivity contribution is 7.13. The maximum atomic E-state index is 12.9. The van der Waals surface area contributed by atoms with Crippen LogP contribution in [0.25, 0.3) is 15.8 Å². The number of hydrogen-bond donors (Lipinski definition) is 1. The number of benzene rings is 1. The minimum absolute atomic E-state index is 0.108. The summed E-state index contributed by atoms with van der Waals surface area (Å²) in [6.45, 7) is 0.937. The van der Waals surface area contributed by atoms with E-state index in [-0.39, 0.29) is 12.3 Å².